The highest BCUT2D eigenvalue weighted by molar-refractivity contribution is 5.85. The molecule has 0 aromatic heterocycles. The topological polar surface area (TPSA) is 119 Å². The first-order valence-electron chi connectivity index (χ1n) is 8.15. The number of nitrogens with one attached hydrogen (secondary N) is 1. The largest absolute Gasteiger partial charge is 0.508 e. The van der Waals surface area contributed by atoms with E-state index in [0.717, 1.165) is 5.56 Å². The third kappa shape index (κ3) is 5.07. The lowest BCUT2D eigenvalue weighted by Gasteiger charge is -2.28. The molecule has 1 heterocycles. The second-order valence-corrected chi connectivity index (χ2v) is 6.56. The fraction of sp³-hybridized carbons (Fsp3) is 0.529. The van der Waals surface area contributed by atoms with E-state index in [1.807, 2.05) is 13.8 Å². The monoisotopic (exact) mass is 352 g/mol. The molecular weight excluding hydrogens is 328 g/mol. The van der Waals surface area contributed by atoms with Gasteiger partial charge in [-0.3, -0.25) is 4.79 Å². The minimum atomic E-state index is -1.27. The van der Waals surface area contributed by atoms with E-state index in [0.29, 0.717) is 12.8 Å². The number of amides is 2. The van der Waals surface area contributed by atoms with Crippen LogP contribution in [0.5, 0.6) is 5.75 Å². The van der Waals surface area contributed by atoms with E-state index in [9.17, 15) is 19.8 Å². The molecule has 0 radical (unpaired) electrons. The third-order valence-corrected chi connectivity index (χ3v) is 4.08. The lowest BCUT2D eigenvalue weighted by atomic mass is 10.0. The van der Waals surface area contributed by atoms with Crippen molar-refractivity contribution in [2.75, 3.05) is 6.73 Å². The van der Waals surface area contributed by atoms with Gasteiger partial charge in [-0.15, -0.1) is 0 Å². The zero-order chi connectivity index (χ0) is 18.6. The zero-order valence-electron chi connectivity index (χ0n) is 14.3. The van der Waals surface area contributed by atoms with Crippen molar-refractivity contribution in [2.45, 2.75) is 45.1 Å². The summed E-state index contributed by atoms with van der Waals surface area (Å²) in [5.41, 5.74) is 0.816. The van der Waals surface area contributed by atoms with Crippen molar-refractivity contribution in [3.63, 3.8) is 0 Å². The van der Waals surface area contributed by atoms with Crippen LogP contribution in [0.15, 0.2) is 24.3 Å². The molecule has 1 fully saturated rings. The summed E-state index contributed by atoms with van der Waals surface area (Å²) in [6, 6.07) is 4.93. The predicted molar refractivity (Wildman–Crippen MR) is 88.8 cm³/mol. The number of hydrogen-bond acceptors (Lipinski definition) is 5. The molecule has 1 saturated heterocycles. The molecule has 1 aromatic carbocycles. The summed E-state index contributed by atoms with van der Waals surface area (Å²) in [6.07, 6.45) is -1.74. The molecule has 4 N–H and O–H groups in total. The molecule has 2 rings (SSSR count). The van der Waals surface area contributed by atoms with E-state index in [2.05, 4.69) is 5.32 Å². The summed E-state index contributed by atoms with van der Waals surface area (Å²) >= 11 is 0. The smallest absolute Gasteiger partial charge is 0.405 e. The SMILES string of the molecule is CC(C)CC(NC(=O)O)C(=O)N1COC(O)C1Cc1ccc(O)cc1. The molecule has 0 spiro atoms. The highest BCUT2D eigenvalue weighted by Crippen LogP contribution is 2.23. The predicted octanol–water partition coefficient (Wildman–Crippen LogP) is 1.12. The van der Waals surface area contributed by atoms with Crippen molar-refractivity contribution in [3.8, 4) is 5.75 Å². The number of aliphatic hydroxyl groups excluding tert-OH is 1. The van der Waals surface area contributed by atoms with Crippen LogP contribution in [0, 0.1) is 5.92 Å². The van der Waals surface area contributed by atoms with Gasteiger partial charge in [0.05, 0.1) is 6.04 Å². The maximum atomic E-state index is 12.8. The number of carbonyl (C=O) groups is 2. The van der Waals surface area contributed by atoms with Crippen LogP contribution in [0.1, 0.15) is 25.8 Å². The second kappa shape index (κ2) is 8.17. The van der Waals surface area contributed by atoms with Gasteiger partial charge in [0.25, 0.3) is 0 Å². The zero-order valence-corrected chi connectivity index (χ0v) is 14.3. The average Bonchev–Trinajstić information content (AvgIpc) is 2.88. The Kier molecular flexibility index (Phi) is 6.22. The quantitative estimate of drug-likeness (QED) is 0.609. The number of hydrogen-bond donors (Lipinski definition) is 4. The molecule has 3 atom stereocenters. The van der Waals surface area contributed by atoms with Crippen LogP contribution in [0.25, 0.3) is 0 Å². The number of phenols is 1. The summed E-state index contributed by atoms with van der Waals surface area (Å²) in [4.78, 5) is 25.1. The van der Waals surface area contributed by atoms with Crippen molar-refractivity contribution < 1.29 is 29.6 Å². The second-order valence-electron chi connectivity index (χ2n) is 6.56. The van der Waals surface area contributed by atoms with E-state index >= 15 is 0 Å². The molecule has 25 heavy (non-hydrogen) atoms. The van der Waals surface area contributed by atoms with E-state index in [1.165, 1.54) is 17.0 Å². The van der Waals surface area contributed by atoms with Crippen LogP contribution < -0.4 is 5.32 Å². The van der Waals surface area contributed by atoms with E-state index in [-0.39, 0.29) is 18.4 Å². The summed E-state index contributed by atoms with van der Waals surface area (Å²) in [5, 5.41) is 30.6. The number of phenolic OH excluding ortho intramolecular Hbond substituents is 1. The number of rotatable bonds is 6. The van der Waals surface area contributed by atoms with Crippen molar-refractivity contribution >= 4 is 12.0 Å². The van der Waals surface area contributed by atoms with E-state index in [4.69, 9.17) is 9.84 Å². The van der Waals surface area contributed by atoms with Crippen LogP contribution in [0.4, 0.5) is 4.79 Å². The molecule has 0 saturated carbocycles. The first-order valence-corrected chi connectivity index (χ1v) is 8.15. The van der Waals surface area contributed by atoms with Gasteiger partial charge in [0.2, 0.25) is 5.91 Å². The van der Waals surface area contributed by atoms with Crippen LogP contribution in [0.2, 0.25) is 0 Å². The lowest BCUT2D eigenvalue weighted by Crippen LogP contribution is -2.52. The van der Waals surface area contributed by atoms with Gasteiger partial charge >= 0.3 is 6.09 Å². The Labute approximate surface area is 146 Å². The van der Waals surface area contributed by atoms with Gasteiger partial charge in [0.15, 0.2) is 6.29 Å². The Balaban J connectivity index is 2.14. The Hall–Kier alpha value is -2.32. The molecule has 8 heteroatoms. The molecule has 2 amide bonds. The molecule has 1 aromatic rings. The summed E-state index contributed by atoms with van der Waals surface area (Å²) < 4.78 is 5.19. The Bertz CT molecular complexity index is 604. The van der Waals surface area contributed by atoms with Crippen molar-refractivity contribution in [2.24, 2.45) is 5.92 Å². The minimum Gasteiger partial charge on any atom is -0.508 e. The third-order valence-electron chi connectivity index (χ3n) is 4.08. The molecule has 8 nitrogen and oxygen atoms in total. The van der Waals surface area contributed by atoms with Gasteiger partial charge in [0.1, 0.15) is 18.5 Å². The standard InChI is InChI=1S/C17H24N2O6/c1-10(2)7-13(18-17(23)24)15(21)19-9-25-16(22)14(19)8-11-3-5-12(20)6-4-11/h3-6,10,13-14,16,18,20,22H,7-9H2,1-2H3,(H,23,24). The van der Waals surface area contributed by atoms with Crippen LogP contribution in [0.3, 0.4) is 0 Å². The molecule has 3 unspecified atom stereocenters. The van der Waals surface area contributed by atoms with Gasteiger partial charge in [-0.2, -0.15) is 0 Å². The normalized spacial score (nSPS) is 21.4. The van der Waals surface area contributed by atoms with Crippen molar-refractivity contribution in [1.29, 1.82) is 0 Å². The van der Waals surface area contributed by atoms with Gasteiger partial charge < -0.3 is 30.3 Å². The summed E-state index contributed by atoms with van der Waals surface area (Å²) in [5.74, 6) is -0.177. The fourth-order valence-electron chi connectivity index (χ4n) is 2.87. The number of carbonyl (C=O) groups excluding carboxylic acids is 1. The van der Waals surface area contributed by atoms with Gasteiger partial charge in [-0.1, -0.05) is 26.0 Å². The highest BCUT2D eigenvalue weighted by atomic mass is 16.6. The lowest BCUT2D eigenvalue weighted by molar-refractivity contribution is -0.135. The number of nitrogens with zero attached hydrogens (tertiary/aromatic N) is 1. The molecule has 0 bridgehead atoms. The molecule has 0 aliphatic carbocycles. The maximum Gasteiger partial charge on any atom is 0.405 e. The van der Waals surface area contributed by atoms with Crippen LogP contribution >= 0.6 is 0 Å². The molecular formula is C17H24N2O6. The Morgan fingerprint density at radius 2 is 1.96 bits per heavy atom. The van der Waals surface area contributed by atoms with Crippen LogP contribution in [-0.2, 0) is 16.0 Å². The van der Waals surface area contributed by atoms with E-state index < -0.39 is 30.4 Å². The van der Waals surface area contributed by atoms with Crippen LogP contribution in [-0.4, -0.2) is 57.3 Å². The fourth-order valence-corrected chi connectivity index (χ4v) is 2.87. The van der Waals surface area contributed by atoms with Gasteiger partial charge in [0, 0.05) is 0 Å². The van der Waals surface area contributed by atoms with Crippen molar-refractivity contribution in [3.05, 3.63) is 29.8 Å². The maximum absolute atomic E-state index is 12.8. The minimum absolute atomic E-state index is 0.0986. The number of benzene rings is 1. The Morgan fingerprint density at radius 1 is 1.32 bits per heavy atom. The molecule has 138 valence electrons. The first kappa shape index (κ1) is 19.0. The summed E-state index contributed by atoms with van der Waals surface area (Å²) in [7, 11) is 0. The van der Waals surface area contributed by atoms with Crippen molar-refractivity contribution in [1.82, 2.24) is 10.2 Å². The van der Waals surface area contributed by atoms with Gasteiger partial charge in [-0.05, 0) is 36.5 Å². The number of aromatic hydroxyl groups is 1. The summed E-state index contributed by atoms with van der Waals surface area (Å²) in [6.45, 7) is 3.69. The van der Waals surface area contributed by atoms with E-state index in [1.54, 1.807) is 12.1 Å². The highest BCUT2D eigenvalue weighted by Gasteiger charge is 2.40. The Morgan fingerprint density at radius 3 is 2.52 bits per heavy atom. The average molecular weight is 352 g/mol. The number of aliphatic hydroxyl groups is 1. The first-order chi connectivity index (χ1) is 11.8. The number of ether oxygens (including phenoxy) is 1. The van der Waals surface area contributed by atoms with Gasteiger partial charge in [-0.25, -0.2) is 4.79 Å². The number of carboxylic acid groups (broad SMARTS) is 1. The molecule has 1 aliphatic rings. The molecule has 1 aliphatic heterocycles.